The number of nitrogens with one attached hydrogen (secondary N) is 2. The molecule has 0 aromatic heterocycles. The lowest BCUT2D eigenvalue weighted by Crippen LogP contribution is -2.30. The van der Waals surface area contributed by atoms with Gasteiger partial charge < -0.3 is 10.2 Å². The van der Waals surface area contributed by atoms with Crippen molar-refractivity contribution in [2.45, 2.75) is 54.5 Å². The first-order chi connectivity index (χ1) is 17.4. The lowest BCUT2D eigenvalue weighted by molar-refractivity contribution is -0.116. The lowest BCUT2D eigenvalue weighted by Gasteiger charge is -2.30. The molecule has 0 aliphatic carbocycles. The lowest BCUT2D eigenvalue weighted by atomic mass is 10.1. The molecule has 1 amide bonds. The summed E-state index contributed by atoms with van der Waals surface area (Å²) in [5, 5.41) is 10.4. The van der Waals surface area contributed by atoms with Crippen LogP contribution < -0.4 is 14.9 Å². The van der Waals surface area contributed by atoms with Crippen molar-refractivity contribution in [1.29, 1.82) is 0 Å². The highest BCUT2D eigenvalue weighted by atomic mass is 32.2. The van der Waals surface area contributed by atoms with E-state index < -0.39 is 31.6 Å². The molecule has 37 heavy (non-hydrogen) atoms. The van der Waals surface area contributed by atoms with Crippen LogP contribution in [-0.2, 0) is 24.8 Å². The van der Waals surface area contributed by atoms with Crippen molar-refractivity contribution in [3.05, 3.63) is 42.5 Å². The highest BCUT2D eigenvalue weighted by Crippen LogP contribution is 2.34. The largest absolute Gasteiger partial charge is 0.370 e. The minimum atomic E-state index is -4.20. The fraction of sp³-hybridized carbons (Fsp3) is 0.458. The minimum Gasteiger partial charge on any atom is -0.370 e. The van der Waals surface area contributed by atoms with Gasteiger partial charge in [0.25, 0.3) is 10.0 Å². The molecule has 1 fully saturated rings. The van der Waals surface area contributed by atoms with Crippen LogP contribution in [0.5, 0.6) is 0 Å². The summed E-state index contributed by atoms with van der Waals surface area (Å²) >= 11 is 0. The number of piperidine rings is 1. The summed E-state index contributed by atoms with van der Waals surface area (Å²) in [5.74, 6) is -0.469. The van der Waals surface area contributed by atoms with Gasteiger partial charge in [-0.1, -0.05) is 12.1 Å². The van der Waals surface area contributed by atoms with Gasteiger partial charge in [0.05, 0.1) is 22.0 Å². The van der Waals surface area contributed by atoms with Crippen LogP contribution in [0.15, 0.2) is 62.5 Å². The number of sulfonamides is 2. The summed E-state index contributed by atoms with van der Waals surface area (Å²) in [5.41, 5.74) is 0.470. The third-order valence-electron chi connectivity index (χ3n) is 6.41. The third-order valence-corrected chi connectivity index (χ3v) is 9.64. The Kier molecular flexibility index (Phi) is 7.58. The Hall–Kier alpha value is -3.03. The molecule has 4 rings (SSSR count). The molecule has 2 aliphatic heterocycles. The van der Waals surface area contributed by atoms with E-state index in [1.807, 2.05) is 12.1 Å². The summed E-state index contributed by atoms with van der Waals surface area (Å²) in [6, 6.07) is 10.7. The molecule has 13 heteroatoms. The van der Waals surface area contributed by atoms with E-state index in [-0.39, 0.29) is 21.9 Å². The highest BCUT2D eigenvalue weighted by Gasteiger charge is 2.34. The Morgan fingerprint density at radius 1 is 1.00 bits per heavy atom. The maximum atomic E-state index is 13.6. The van der Waals surface area contributed by atoms with Gasteiger partial charge in [-0.3, -0.25) is 9.52 Å². The molecule has 0 saturated carbocycles. The second-order valence-electron chi connectivity index (χ2n) is 9.58. The summed E-state index contributed by atoms with van der Waals surface area (Å²) in [4.78, 5) is 14.5. The molecule has 2 aliphatic rings. The van der Waals surface area contributed by atoms with E-state index in [9.17, 15) is 21.6 Å². The first kappa shape index (κ1) is 27.0. The Bertz CT molecular complexity index is 1410. The van der Waals surface area contributed by atoms with Crippen LogP contribution in [-0.4, -0.2) is 59.9 Å². The van der Waals surface area contributed by atoms with E-state index in [1.54, 1.807) is 19.1 Å². The molecule has 11 nitrogen and oxygen atoms in total. The van der Waals surface area contributed by atoms with Crippen LogP contribution >= 0.6 is 0 Å². The van der Waals surface area contributed by atoms with Crippen molar-refractivity contribution in [1.82, 2.24) is 4.31 Å². The number of amides is 1. The summed E-state index contributed by atoms with van der Waals surface area (Å²) in [6.07, 6.45) is 3.59. The third kappa shape index (κ3) is 6.28. The van der Waals surface area contributed by atoms with Crippen LogP contribution in [0.1, 0.15) is 39.0 Å². The summed E-state index contributed by atoms with van der Waals surface area (Å²) in [6.45, 7) is 3.44. The molecular formula is C24H32N6O5S2. The van der Waals surface area contributed by atoms with Crippen molar-refractivity contribution in [3.8, 4) is 0 Å². The van der Waals surface area contributed by atoms with Crippen molar-refractivity contribution >= 4 is 43.0 Å². The zero-order valence-corrected chi connectivity index (χ0v) is 22.8. The maximum absolute atomic E-state index is 13.6. The average molecular weight is 549 g/mol. The van der Waals surface area contributed by atoms with Gasteiger partial charge in [-0.15, -0.1) is 0 Å². The van der Waals surface area contributed by atoms with Crippen molar-refractivity contribution in [2.24, 2.45) is 10.2 Å². The van der Waals surface area contributed by atoms with Gasteiger partial charge in [-0.05, 0) is 56.5 Å². The van der Waals surface area contributed by atoms with Gasteiger partial charge in [0.2, 0.25) is 15.9 Å². The molecule has 0 radical (unpaired) electrons. The standard InChI is InChI=1S/C24H32N6O5S2/c1-24(27-28-24)14-13-23(31)25-20-17-18(37(34,35)29(2)3)11-12-22(20)36(32,33)26-19-9-5-6-10-21(19)30-15-7-4-8-16-30/h5-6,9-12,17,26H,4,7-8,13-16H2,1-3H3,(H,25,31). The predicted octanol–water partition coefficient (Wildman–Crippen LogP) is 3.63. The van der Waals surface area contributed by atoms with Crippen LogP contribution in [0.2, 0.25) is 0 Å². The van der Waals surface area contributed by atoms with Gasteiger partial charge >= 0.3 is 0 Å². The van der Waals surface area contributed by atoms with E-state index in [2.05, 4.69) is 25.2 Å². The quantitative estimate of drug-likeness (QED) is 0.465. The zero-order chi connectivity index (χ0) is 26.8. The van der Waals surface area contributed by atoms with Gasteiger partial charge in [0, 0.05) is 40.0 Å². The van der Waals surface area contributed by atoms with Gasteiger partial charge in [0.15, 0.2) is 5.66 Å². The number of anilines is 3. The number of hydrogen-bond acceptors (Lipinski definition) is 8. The number of para-hydroxylation sites is 2. The van der Waals surface area contributed by atoms with Gasteiger partial charge in [0.1, 0.15) is 4.90 Å². The van der Waals surface area contributed by atoms with Crippen molar-refractivity contribution < 1.29 is 21.6 Å². The predicted molar refractivity (Wildman–Crippen MR) is 142 cm³/mol. The van der Waals surface area contributed by atoms with E-state index in [0.717, 1.165) is 42.3 Å². The molecule has 2 N–H and O–H groups in total. The van der Waals surface area contributed by atoms with E-state index in [1.165, 1.54) is 32.3 Å². The Morgan fingerprint density at radius 3 is 2.32 bits per heavy atom. The van der Waals surface area contributed by atoms with E-state index in [4.69, 9.17) is 0 Å². The zero-order valence-electron chi connectivity index (χ0n) is 21.1. The Morgan fingerprint density at radius 2 is 1.68 bits per heavy atom. The number of nitrogens with zero attached hydrogens (tertiary/aromatic N) is 4. The second-order valence-corrected chi connectivity index (χ2v) is 13.4. The highest BCUT2D eigenvalue weighted by molar-refractivity contribution is 7.93. The molecule has 0 spiro atoms. The van der Waals surface area contributed by atoms with Crippen LogP contribution in [0.3, 0.4) is 0 Å². The monoisotopic (exact) mass is 548 g/mol. The van der Waals surface area contributed by atoms with Crippen molar-refractivity contribution in [3.63, 3.8) is 0 Å². The molecule has 1 saturated heterocycles. The molecular weight excluding hydrogens is 516 g/mol. The van der Waals surface area contributed by atoms with Gasteiger partial charge in [-0.25, -0.2) is 21.1 Å². The SMILES string of the molecule is CN(C)S(=O)(=O)c1ccc(S(=O)(=O)Nc2ccccc2N2CCCCC2)c(NC(=O)CCC2(C)N=N2)c1. The Labute approximate surface area is 218 Å². The topological polar surface area (TPSA) is 141 Å². The normalized spacial score (nSPS) is 17.0. The summed E-state index contributed by atoms with van der Waals surface area (Å²) in [7, 11) is -5.32. The van der Waals surface area contributed by atoms with Crippen LogP contribution in [0.25, 0.3) is 0 Å². The van der Waals surface area contributed by atoms with E-state index in [0.29, 0.717) is 12.1 Å². The molecule has 2 heterocycles. The first-order valence-electron chi connectivity index (χ1n) is 12.1. The fourth-order valence-corrected chi connectivity index (χ4v) is 6.28. The second kappa shape index (κ2) is 10.4. The average Bonchev–Trinajstić information content (AvgIpc) is 3.60. The van der Waals surface area contributed by atoms with Crippen LogP contribution in [0, 0.1) is 0 Å². The molecule has 0 bridgehead atoms. The Balaban J connectivity index is 1.67. The minimum absolute atomic E-state index is 0.0405. The van der Waals surface area contributed by atoms with Crippen LogP contribution in [0.4, 0.5) is 17.1 Å². The molecule has 0 unspecified atom stereocenters. The molecule has 2 aromatic carbocycles. The van der Waals surface area contributed by atoms with Crippen molar-refractivity contribution in [2.75, 3.05) is 42.1 Å². The molecule has 200 valence electrons. The number of hydrogen-bond donors (Lipinski definition) is 2. The number of carbonyl (C=O) groups is 1. The van der Waals surface area contributed by atoms with E-state index >= 15 is 0 Å². The fourth-order valence-electron chi connectivity index (χ4n) is 4.13. The smallest absolute Gasteiger partial charge is 0.264 e. The number of rotatable bonds is 10. The maximum Gasteiger partial charge on any atom is 0.264 e. The number of benzene rings is 2. The molecule has 2 aromatic rings. The number of carbonyl (C=O) groups excluding carboxylic acids is 1. The molecule has 0 atom stereocenters. The summed E-state index contributed by atoms with van der Waals surface area (Å²) < 4.78 is 56.3. The first-order valence-corrected chi connectivity index (χ1v) is 15.0. The van der Waals surface area contributed by atoms with Gasteiger partial charge in [-0.2, -0.15) is 10.2 Å².